The molecule has 3 aromatic rings. The first-order chi connectivity index (χ1) is 13.2. The molecule has 0 saturated heterocycles. The Balaban J connectivity index is 1.69. The van der Waals surface area contributed by atoms with Crippen LogP contribution in [-0.4, -0.2) is 34.8 Å². The van der Waals surface area contributed by atoms with Crippen molar-refractivity contribution in [3.8, 4) is 17.4 Å². The predicted octanol–water partition coefficient (Wildman–Crippen LogP) is 4.31. The van der Waals surface area contributed by atoms with Crippen molar-refractivity contribution < 1.29 is 14.2 Å². The fourth-order valence-corrected chi connectivity index (χ4v) is 3.07. The van der Waals surface area contributed by atoms with Crippen LogP contribution < -0.4 is 9.47 Å². The standard InChI is InChI=1S/C20H23N3O3S/c1-15(24-2)14-25-18-12-16(26-19-7-3-4-9-21-19)13-23-17(18)6-5-8-20-22-10-11-27-20/h3-4,7,9-13,15H,5-6,8,14H2,1-2H3. The van der Waals surface area contributed by atoms with Crippen molar-refractivity contribution in [3.05, 3.63) is 58.9 Å². The predicted molar refractivity (Wildman–Crippen MR) is 105 cm³/mol. The lowest BCUT2D eigenvalue weighted by atomic mass is 10.1. The summed E-state index contributed by atoms with van der Waals surface area (Å²) >= 11 is 1.68. The highest BCUT2D eigenvalue weighted by molar-refractivity contribution is 7.09. The summed E-state index contributed by atoms with van der Waals surface area (Å²) in [5, 5.41) is 3.14. The zero-order valence-electron chi connectivity index (χ0n) is 15.5. The van der Waals surface area contributed by atoms with Gasteiger partial charge in [-0.2, -0.15) is 0 Å². The van der Waals surface area contributed by atoms with Gasteiger partial charge in [0.05, 0.1) is 23.0 Å². The molecule has 142 valence electrons. The van der Waals surface area contributed by atoms with E-state index in [0.29, 0.717) is 24.0 Å². The molecule has 3 aromatic heterocycles. The SMILES string of the molecule is COC(C)COc1cc(Oc2ccccn2)cnc1CCCc1nccs1. The second-order valence-electron chi connectivity index (χ2n) is 6.02. The van der Waals surface area contributed by atoms with Gasteiger partial charge < -0.3 is 14.2 Å². The molecule has 3 rings (SSSR count). The fraction of sp³-hybridized carbons (Fsp3) is 0.350. The van der Waals surface area contributed by atoms with Crippen LogP contribution in [0.25, 0.3) is 0 Å². The summed E-state index contributed by atoms with van der Waals surface area (Å²) < 4.78 is 17.0. The molecule has 1 unspecified atom stereocenters. The van der Waals surface area contributed by atoms with Gasteiger partial charge in [0, 0.05) is 37.0 Å². The van der Waals surface area contributed by atoms with Crippen molar-refractivity contribution in [2.45, 2.75) is 32.3 Å². The van der Waals surface area contributed by atoms with Gasteiger partial charge in [-0.1, -0.05) is 6.07 Å². The molecule has 0 N–H and O–H groups in total. The van der Waals surface area contributed by atoms with E-state index in [0.717, 1.165) is 30.0 Å². The molecule has 0 radical (unpaired) electrons. The number of methoxy groups -OCH3 is 1. The van der Waals surface area contributed by atoms with Crippen molar-refractivity contribution in [3.63, 3.8) is 0 Å². The maximum absolute atomic E-state index is 5.96. The highest BCUT2D eigenvalue weighted by Crippen LogP contribution is 2.27. The molecule has 0 aliphatic carbocycles. The topological polar surface area (TPSA) is 66.4 Å². The van der Waals surface area contributed by atoms with Crippen LogP contribution in [0.1, 0.15) is 24.0 Å². The lowest BCUT2D eigenvalue weighted by Crippen LogP contribution is -2.17. The normalized spacial score (nSPS) is 11.9. The van der Waals surface area contributed by atoms with E-state index in [1.807, 2.05) is 36.7 Å². The Hall–Kier alpha value is -2.51. The molecule has 0 saturated carbocycles. The highest BCUT2D eigenvalue weighted by Gasteiger charge is 2.11. The molecule has 0 aliphatic rings. The summed E-state index contributed by atoms with van der Waals surface area (Å²) in [5.74, 6) is 1.83. The third-order valence-corrected chi connectivity index (χ3v) is 4.77. The van der Waals surface area contributed by atoms with Gasteiger partial charge in [0.15, 0.2) is 5.75 Å². The second kappa shape index (κ2) is 9.99. The number of thiazole rings is 1. The zero-order valence-corrected chi connectivity index (χ0v) is 16.3. The van der Waals surface area contributed by atoms with Crippen molar-refractivity contribution in [2.24, 2.45) is 0 Å². The van der Waals surface area contributed by atoms with Gasteiger partial charge in [-0.05, 0) is 32.3 Å². The summed E-state index contributed by atoms with van der Waals surface area (Å²) in [5.41, 5.74) is 0.906. The van der Waals surface area contributed by atoms with Crippen molar-refractivity contribution in [2.75, 3.05) is 13.7 Å². The molecular formula is C20H23N3O3S. The van der Waals surface area contributed by atoms with Gasteiger partial charge in [-0.15, -0.1) is 11.3 Å². The number of aromatic nitrogens is 3. The first-order valence-electron chi connectivity index (χ1n) is 8.86. The van der Waals surface area contributed by atoms with Gasteiger partial charge in [0.25, 0.3) is 0 Å². The van der Waals surface area contributed by atoms with E-state index >= 15 is 0 Å². The van der Waals surface area contributed by atoms with Crippen LogP contribution in [0, 0.1) is 0 Å². The Morgan fingerprint density at radius 3 is 2.78 bits per heavy atom. The molecule has 0 spiro atoms. The largest absolute Gasteiger partial charge is 0.489 e. The van der Waals surface area contributed by atoms with E-state index in [-0.39, 0.29) is 6.10 Å². The summed E-state index contributed by atoms with van der Waals surface area (Å²) in [7, 11) is 1.67. The van der Waals surface area contributed by atoms with Gasteiger partial charge in [0.1, 0.15) is 12.4 Å². The molecule has 0 amide bonds. The smallest absolute Gasteiger partial charge is 0.219 e. The summed E-state index contributed by atoms with van der Waals surface area (Å²) in [4.78, 5) is 13.1. The number of hydrogen-bond donors (Lipinski definition) is 0. The summed E-state index contributed by atoms with van der Waals surface area (Å²) in [6.07, 6.45) is 7.92. The number of aryl methyl sites for hydroxylation is 2. The Morgan fingerprint density at radius 2 is 2.04 bits per heavy atom. The molecule has 6 nitrogen and oxygen atoms in total. The molecule has 3 heterocycles. The Bertz CT molecular complexity index is 813. The van der Waals surface area contributed by atoms with Crippen LogP contribution in [-0.2, 0) is 17.6 Å². The first-order valence-corrected chi connectivity index (χ1v) is 9.74. The maximum Gasteiger partial charge on any atom is 0.219 e. The van der Waals surface area contributed by atoms with E-state index < -0.39 is 0 Å². The molecule has 0 bridgehead atoms. The van der Waals surface area contributed by atoms with Gasteiger partial charge in [-0.3, -0.25) is 4.98 Å². The Kier molecular flexibility index (Phi) is 7.12. The number of pyridine rings is 2. The average Bonchev–Trinajstić information content (AvgIpc) is 3.21. The average molecular weight is 385 g/mol. The second-order valence-corrected chi connectivity index (χ2v) is 7.00. The van der Waals surface area contributed by atoms with Crippen LogP contribution in [0.4, 0.5) is 0 Å². The number of rotatable bonds is 10. The first kappa shape index (κ1) is 19.3. The van der Waals surface area contributed by atoms with Crippen LogP contribution in [0.15, 0.2) is 48.2 Å². The molecule has 7 heteroatoms. The highest BCUT2D eigenvalue weighted by atomic mass is 32.1. The van der Waals surface area contributed by atoms with Crippen LogP contribution in [0.5, 0.6) is 17.4 Å². The van der Waals surface area contributed by atoms with Gasteiger partial charge >= 0.3 is 0 Å². The van der Waals surface area contributed by atoms with E-state index in [2.05, 4.69) is 15.0 Å². The minimum absolute atomic E-state index is 0.00599. The zero-order chi connectivity index (χ0) is 18.9. The molecule has 27 heavy (non-hydrogen) atoms. The molecular weight excluding hydrogens is 362 g/mol. The van der Waals surface area contributed by atoms with Crippen LogP contribution >= 0.6 is 11.3 Å². The molecule has 0 aliphatic heterocycles. The fourth-order valence-electron chi connectivity index (χ4n) is 2.41. The lowest BCUT2D eigenvalue weighted by Gasteiger charge is -2.15. The monoisotopic (exact) mass is 385 g/mol. The number of nitrogens with zero attached hydrogens (tertiary/aromatic N) is 3. The van der Waals surface area contributed by atoms with Gasteiger partial charge in [-0.25, -0.2) is 9.97 Å². The minimum Gasteiger partial charge on any atom is -0.489 e. The van der Waals surface area contributed by atoms with E-state index in [4.69, 9.17) is 14.2 Å². The third-order valence-electron chi connectivity index (χ3n) is 3.93. The van der Waals surface area contributed by atoms with Crippen LogP contribution in [0.3, 0.4) is 0 Å². The maximum atomic E-state index is 5.96. The summed E-state index contributed by atoms with van der Waals surface area (Å²) in [6.45, 7) is 2.41. The summed E-state index contributed by atoms with van der Waals surface area (Å²) in [6, 6.07) is 7.38. The quantitative estimate of drug-likeness (QED) is 0.518. The van der Waals surface area contributed by atoms with Crippen LogP contribution in [0.2, 0.25) is 0 Å². The van der Waals surface area contributed by atoms with Crippen molar-refractivity contribution >= 4 is 11.3 Å². The van der Waals surface area contributed by atoms with E-state index in [9.17, 15) is 0 Å². The van der Waals surface area contributed by atoms with E-state index in [1.165, 1.54) is 0 Å². The Labute approximate surface area is 163 Å². The number of ether oxygens (including phenoxy) is 3. The van der Waals surface area contributed by atoms with Crippen molar-refractivity contribution in [1.82, 2.24) is 15.0 Å². The molecule has 0 aromatic carbocycles. The van der Waals surface area contributed by atoms with Crippen molar-refractivity contribution in [1.29, 1.82) is 0 Å². The minimum atomic E-state index is -0.00599. The van der Waals surface area contributed by atoms with Gasteiger partial charge in [0.2, 0.25) is 5.88 Å². The Morgan fingerprint density at radius 1 is 1.11 bits per heavy atom. The van der Waals surface area contributed by atoms with E-state index in [1.54, 1.807) is 36.9 Å². The molecule has 1 atom stereocenters. The lowest BCUT2D eigenvalue weighted by molar-refractivity contribution is 0.0710. The molecule has 0 fully saturated rings. The third kappa shape index (κ3) is 6.01. The number of hydrogen-bond acceptors (Lipinski definition) is 7.